The first-order valence-corrected chi connectivity index (χ1v) is 6.35. The summed E-state index contributed by atoms with van der Waals surface area (Å²) in [5.41, 5.74) is 3.87. The van der Waals surface area contributed by atoms with Gasteiger partial charge in [0.15, 0.2) is 0 Å². The Labute approximate surface area is 107 Å². The number of hydrazine groups is 1. The molecule has 0 saturated heterocycles. The van der Waals surface area contributed by atoms with E-state index in [1.807, 2.05) is 12.1 Å². The van der Waals surface area contributed by atoms with E-state index in [1.54, 1.807) is 6.07 Å². The molecule has 1 unspecified atom stereocenters. The minimum Gasteiger partial charge on any atom is -0.271 e. The number of nitrogens with one attached hydrogen (secondary N) is 1. The molecule has 0 bridgehead atoms. The van der Waals surface area contributed by atoms with Crippen molar-refractivity contribution in [3.63, 3.8) is 0 Å². The maximum atomic E-state index is 5.96. The van der Waals surface area contributed by atoms with E-state index in [0.717, 1.165) is 18.4 Å². The zero-order valence-corrected chi connectivity index (χ0v) is 11.0. The highest BCUT2D eigenvalue weighted by atomic mass is 35.5. The molecule has 2 nitrogen and oxygen atoms in total. The molecule has 0 aliphatic carbocycles. The molecule has 3 N–H and O–H groups in total. The lowest BCUT2D eigenvalue weighted by Gasteiger charge is -2.16. The lowest BCUT2D eigenvalue weighted by Crippen LogP contribution is -2.28. The van der Waals surface area contributed by atoms with E-state index >= 15 is 0 Å². The number of hydrogen-bond donors (Lipinski definition) is 2. The fraction of sp³-hybridized carbons (Fsp3) is 0.500. The highest BCUT2D eigenvalue weighted by Gasteiger charge is 2.10. The Morgan fingerprint density at radius 2 is 1.81 bits per heavy atom. The van der Waals surface area contributed by atoms with E-state index in [9.17, 15) is 0 Å². The van der Waals surface area contributed by atoms with Crippen LogP contribution in [0.2, 0.25) is 10.0 Å². The third kappa shape index (κ3) is 4.30. The molecular weight excluding hydrogens is 243 g/mol. The summed E-state index contributed by atoms with van der Waals surface area (Å²) in [6, 6.07) is 5.67. The topological polar surface area (TPSA) is 38.0 Å². The van der Waals surface area contributed by atoms with Crippen molar-refractivity contribution in [3.05, 3.63) is 33.8 Å². The summed E-state index contributed by atoms with van der Waals surface area (Å²) in [5, 5.41) is 1.30. The van der Waals surface area contributed by atoms with Gasteiger partial charge in [0.2, 0.25) is 0 Å². The lowest BCUT2D eigenvalue weighted by molar-refractivity contribution is 0.487. The average Bonchev–Trinajstić information content (AvgIpc) is 2.23. The molecule has 0 radical (unpaired) electrons. The maximum absolute atomic E-state index is 5.96. The predicted molar refractivity (Wildman–Crippen MR) is 70.7 cm³/mol. The highest BCUT2D eigenvalue weighted by Crippen LogP contribution is 2.26. The second kappa shape index (κ2) is 7.13. The fourth-order valence-corrected chi connectivity index (χ4v) is 2.26. The largest absolute Gasteiger partial charge is 0.271 e. The molecule has 0 heterocycles. The third-order valence-corrected chi connectivity index (χ3v) is 3.02. The van der Waals surface area contributed by atoms with Crippen LogP contribution in [-0.4, -0.2) is 0 Å². The molecule has 0 fully saturated rings. The van der Waals surface area contributed by atoms with Gasteiger partial charge in [-0.3, -0.25) is 11.3 Å². The van der Waals surface area contributed by atoms with Crippen molar-refractivity contribution in [2.75, 3.05) is 0 Å². The molecule has 0 saturated carbocycles. The normalized spacial score (nSPS) is 12.8. The van der Waals surface area contributed by atoms with Gasteiger partial charge >= 0.3 is 0 Å². The molecule has 0 amide bonds. The van der Waals surface area contributed by atoms with Crippen molar-refractivity contribution in [3.8, 4) is 0 Å². The van der Waals surface area contributed by atoms with Crippen LogP contribution >= 0.6 is 23.2 Å². The minimum absolute atomic E-state index is 0.128. The molecule has 0 spiro atoms. The predicted octanol–water partition coefficient (Wildman–Crippen LogP) is 4.08. The number of halogens is 2. The number of unbranched alkanes of at least 4 members (excludes halogenated alkanes) is 2. The van der Waals surface area contributed by atoms with Crippen LogP contribution in [0.3, 0.4) is 0 Å². The molecule has 1 rings (SSSR count). The molecular formula is C12H18Cl2N2. The van der Waals surface area contributed by atoms with Gasteiger partial charge in [0.05, 0.1) is 0 Å². The highest BCUT2D eigenvalue weighted by molar-refractivity contribution is 6.34. The van der Waals surface area contributed by atoms with Gasteiger partial charge in [0, 0.05) is 16.1 Å². The Balaban J connectivity index is 2.70. The van der Waals surface area contributed by atoms with E-state index in [2.05, 4.69) is 12.3 Å². The molecule has 1 aromatic carbocycles. The number of hydrogen-bond acceptors (Lipinski definition) is 2. The van der Waals surface area contributed by atoms with Gasteiger partial charge in [-0.2, -0.15) is 0 Å². The van der Waals surface area contributed by atoms with Crippen LogP contribution in [0.25, 0.3) is 0 Å². The number of nitrogens with two attached hydrogens (primary N) is 1. The van der Waals surface area contributed by atoms with E-state index in [4.69, 9.17) is 29.0 Å². The van der Waals surface area contributed by atoms with Crippen molar-refractivity contribution in [2.24, 2.45) is 5.84 Å². The molecule has 16 heavy (non-hydrogen) atoms. The van der Waals surface area contributed by atoms with Crippen LogP contribution in [0.15, 0.2) is 18.2 Å². The van der Waals surface area contributed by atoms with Crippen molar-refractivity contribution >= 4 is 23.2 Å². The first-order valence-electron chi connectivity index (χ1n) is 5.59. The Hall–Kier alpha value is -0.280. The molecule has 0 aliphatic rings. The summed E-state index contributed by atoms with van der Waals surface area (Å²) in [4.78, 5) is 0. The quantitative estimate of drug-likeness (QED) is 0.460. The lowest BCUT2D eigenvalue weighted by atomic mass is 10.0. The van der Waals surface area contributed by atoms with Crippen molar-refractivity contribution < 1.29 is 0 Å². The molecule has 0 aromatic heterocycles. The van der Waals surface area contributed by atoms with Gasteiger partial charge in [0.25, 0.3) is 0 Å². The van der Waals surface area contributed by atoms with Gasteiger partial charge in [-0.25, -0.2) is 0 Å². The molecule has 1 aromatic rings. The van der Waals surface area contributed by atoms with E-state index < -0.39 is 0 Å². The third-order valence-electron chi connectivity index (χ3n) is 2.58. The van der Waals surface area contributed by atoms with Crippen LogP contribution in [-0.2, 0) is 0 Å². The monoisotopic (exact) mass is 260 g/mol. The zero-order valence-electron chi connectivity index (χ0n) is 9.47. The summed E-state index contributed by atoms with van der Waals surface area (Å²) in [5.74, 6) is 5.55. The van der Waals surface area contributed by atoms with E-state index in [-0.39, 0.29) is 6.04 Å². The van der Waals surface area contributed by atoms with Gasteiger partial charge in [-0.05, 0) is 30.2 Å². The van der Waals surface area contributed by atoms with Crippen LogP contribution in [0.5, 0.6) is 0 Å². The van der Waals surface area contributed by atoms with E-state index in [0.29, 0.717) is 10.0 Å². The Kier molecular flexibility index (Phi) is 6.14. The number of benzene rings is 1. The van der Waals surface area contributed by atoms with Crippen LogP contribution in [0.4, 0.5) is 0 Å². The van der Waals surface area contributed by atoms with E-state index in [1.165, 1.54) is 12.8 Å². The van der Waals surface area contributed by atoms with Crippen LogP contribution in [0.1, 0.15) is 44.2 Å². The summed E-state index contributed by atoms with van der Waals surface area (Å²) in [7, 11) is 0. The number of rotatable bonds is 6. The second-order valence-electron chi connectivity index (χ2n) is 3.92. The van der Waals surface area contributed by atoms with Crippen LogP contribution in [0, 0.1) is 0 Å². The smallest absolute Gasteiger partial charge is 0.0461 e. The van der Waals surface area contributed by atoms with Crippen molar-refractivity contribution in [1.29, 1.82) is 0 Å². The minimum atomic E-state index is 0.128. The van der Waals surface area contributed by atoms with Gasteiger partial charge in [-0.15, -0.1) is 0 Å². The first-order chi connectivity index (χ1) is 7.67. The summed E-state index contributed by atoms with van der Waals surface area (Å²) >= 11 is 11.9. The molecule has 1 atom stereocenters. The first kappa shape index (κ1) is 13.8. The Morgan fingerprint density at radius 3 is 2.31 bits per heavy atom. The molecule has 0 aliphatic heterocycles. The van der Waals surface area contributed by atoms with Crippen molar-refractivity contribution in [2.45, 2.75) is 38.6 Å². The summed E-state index contributed by atoms with van der Waals surface area (Å²) in [6.45, 7) is 2.18. The van der Waals surface area contributed by atoms with Crippen LogP contribution < -0.4 is 11.3 Å². The molecule has 90 valence electrons. The second-order valence-corrected chi connectivity index (χ2v) is 4.79. The maximum Gasteiger partial charge on any atom is 0.0461 e. The standard InChI is InChI=1S/C12H18Cl2N2/c1-2-3-4-5-12(16-15)9-6-10(13)8-11(14)7-9/h6-8,12,16H,2-5,15H2,1H3. The Morgan fingerprint density at radius 1 is 1.19 bits per heavy atom. The fourth-order valence-electron chi connectivity index (χ4n) is 1.72. The van der Waals surface area contributed by atoms with Crippen molar-refractivity contribution in [1.82, 2.24) is 5.43 Å². The van der Waals surface area contributed by atoms with Gasteiger partial charge in [0.1, 0.15) is 0 Å². The zero-order chi connectivity index (χ0) is 12.0. The average molecular weight is 261 g/mol. The molecule has 4 heteroatoms. The van der Waals surface area contributed by atoms with Gasteiger partial charge < -0.3 is 0 Å². The Bertz CT molecular complexity index is 309. The SMILES string of the molecule is CCCCCC(NN)c1cc(Cl)cc(Cl)c1. The summed E-state index contributed by atoms with van der Waals surface area (Å²) in [6.07, 6.45) is 4.57. The van der Waals surface area contributed by atoms with Gasteiger partial charge in [-0.1, -0.05) is 49.4 Å². The summed E-state index contributed by atoms with van der Waals surface area (Å²) < 4.78 is 0.